The molecule has 1 heteroatoms. The Labute approximate surface area is 63.3 Å². The fourth-order valence-corrected chi connectivity index (χ4v) is 1.69. The van der Waals surface area contributed by atoms with Crippen molar-refractivity contribution in [1.82, 2.24) is 0 Å². The third kappa shape index (κ3) is 2.42. The van der Waals surface area contributed by atoms with E-state index in [0.29, 0.717) is 0 Å². The molecule has 0 aliphatic heterocycles. The molecule has 0 aromatic heterocycles. The van der Waals surface area contributed by atoms with Gasteiger partial charge in [-0.15, -0.1) is 0 Å². The van der Waals surface area contributed by atoms with E-state index in [9.17, 15) is 0 Å². The van der Waals surface area contributed by atoms with Crippen LogP contribution in [0.25, 0.3) is 0 Å². The zero-order chi connectivity index (χ0) is 7.23. The lowest BCUT2D eigenvalue weighted by molar-refractivity contribution is 0.361. The summed E-state index contributed by atoms with van der Waals surface area (Å²) in [6.07, 6.45) is 12.1. The first-order valence-corrected chi connectivity index (χ1v) is 4.30. The van der Waals surface area contributed by atoms with Gasteiger partial charge in [0, 0.05) is 0 Å². The van der Waals surface area contributed by atoms with Gasteiger partial charge in [0.15, 0.2) is 0 Å². The summed E-state index contributed by atoms with van der Waals surface area (Å²) < 4.78 is 0. The highest BCUT2D eigenvalue weighted by molar-refractivity contribution is 4.80. The van der Waals surface area contributed by atoms with Crippen LogP contribution in [-0.2, 0) is 0 Å². The molecule has 0 amide bonds. The second-order valence-corrected chi connectivity index (χ2v) is 3.17. The van der Waals surface area contributed by atoms with Gasteiger partial charge in [-0.2, -0.15) is 0 Å². The summed E-state index contributed by atoms with van der Waals surface area (Å²) in [5.41, 5.74) is 5.27. The molecule has 0 aromatic rings. The third-order valence-corrected chi connectivity index (χ3v) is 2.33. The Hall–Kier alpha value is -0.460. The standard InChI is InChI=1S/C9H17N/c10-8-4-7-9-5-2-1-3-6-9/h4,8-9H,1-3,5-7,10H2. The molecule has 0 saturated heterocycles. The van der Waals surface area contributed by atoms with Crippen LogP contribution in [0.2, 0.25) is 0 Å². The van der Waals surface area contributed by atoms with E-state index in [-0.39, 0.29) is 0 Å². The monoisotopic (exact) mass is 139 g/mol. The SMILES string of the molecule is NC=CCC1CCCCC1. The molecule has 0 spiro atoms. The van der Waals surface area contributed by atoms with E-state index >= 15 is 0 Å². The highest BCUT2D eigenvalue weighted by Crippen LogP contribution is 2.26. The van der Waals surface area contributed by atoms with E-state index in [1.54, 1.807) is 6.20 Å². The van der Waals surface area contributed by atoms with Crippen molar-refractivity contribution < 1.29 is 0 Å². The van der Waals surface area contributed by atoms with E-state index in [4.69, 9.17) is 5.73 Å². The Morgan fingerprint density at radius 3 is 2.50 bits per heavy atom. The molecule has 58 valence electrons. The van der Waals surface area contributed by atoms with Gasteiger partial charge < -0.3 is 5.73 Å². The second kappa shape index (κ2) is 4.37. The van der Waals surface area contributed by atoms with E-state index in [2.05, 4.69) is 6.08 Å². The molecule has 1 aliphatic rings. The van der Waals surface area contributed by atoms with Crippen LogP contribution in [0.15, 0.2) is 12.3 Å². The normalized spacial score (nSPS) is 22.0. The van der Waals surface area contributed by atoms with Crippen LogP contribution < -0.4 is 5.73 Å². The lowest BCUT2D eigenvalue weighted by Crippen LogP contribution is -2.04. The number of allylic oxidation sites excluding steroid dienone is 1. The van der Waals surface area contributed by atoms with Crippen molar-refractivity contribution in [3.8, 4) is 0 Å². The first-order chi connectivity index (χ1) is 4.93. The van der Waals surface area contributed by atoms with Gasteiger partial charge in [0.1, 0.15) is 0 Å². The Balaban J connectivity index is 2.13. The van der Waals surface area contributed by atoms with Crippen LogP contribution in [0, 0.1) is 5.92 Å². The van der Waals surface area contributed by atoms with Crippen molar-refractivity contribution in [2.45, 2.75) is 38.5 Å². The van der Waals surface area contributed by atoms with Gasteiger partial charge in [-0.3, -0.25) is 0 Å². The Morgan fingerprint density at radius 2 is 1.90 bits per heavy atom. The van der Waals surface area contributed by atoms with Crippen molar-refractivity contribution in [3.05, 3.63) is 12.3 Å². The van der Waals surface area contributed by atoms with Crippen LogP contribution in [0.1, 0.15) is 38.5 Å². The van der Waals surface area contributed by atoms with E-state index < -0.39 is 0 Å². The van der Waals surface area contributed by atoms with Crippen molar-refractivity contribution in [1.29, 1.82) is 0 Å². The van der Waals surface area contributed by atoms with Gasteiger partial charge in [-0.05, 0) is 18.5 Å². The highest BCUT2D eigenvalue weighted by Gasteiger charge is 2.10. The summed E-state index contributed by atoms with van der Waals surface area (Å²) in [6, 6.07) is 0. The molecule has 0 radical (unpaired) electrons. The van der Waals surface area contributed by atoms with E-state index in [1.807, 2.05) is 0 Å². The topological polar surface area (TPSA) is 26.0 Å². The molecule has 0 atom stereocenters. The van der Waals surface area contributed by atoms with Crippen molar-refractivity contribution in [3.63, 3.8) is 0 Å². The zero-order valence-corrected chi connectivity index (χ0v) is 6.55. The van der Waals surface area contributed by atoms with Crippen molar-refractivity contribution in [2.75, 3.05) is 0 Å². The summed E-state index contributed by atoms with van der Waals surface area (Å²) in [4.78, 5) is 0. The smallest absolute Gasteiger partial charge is 0.0103 e. The molecule has 1 rings (SSSR count). The molecule has 0 bridgehead atoms. The van der Waals surface area contributed by atoms with Crippen molar-refractivity contribution in [2.24, 2.45) is 11.7 Å². The number of hydrogen-bond donors (Lipinski definition) is 1. The average Bonchev–Trinajstić information content (AvgIpc) is 2.03. The minimum absolute atomic E-state index is 0.938. The fourth-order valence-electron chi connectivity index (χ4n) is 1.69. The first kappa shape index (κ1) is 7.64. The number of nitrogens with two attached hydrogens (primary N) is 1. The average molecular weight is 139 g/mol. The lowest BCUT2D eigenvalue weighted by atomic mass is 9.87. The predicted octanol–water partition coefficient (Wildman–Crippen LogP) is 2.43. The maximum absolute atomic E-state index is 5.27. The summed E-state index contributed by atoms with van der Waals surface area (Å²) in [5, 5.41) is 0. The summed E-state index contributed by atoms with van der Waals surface area (Å²) >= 11 is 0. The number of hydrogen-bond acceptors (Lipinski definition) is 1. The summed E-state index contributed by atoms with van der Waals surface area (Å²) in [5.74, 6) is 0.938. The molecule has 10 heavy (non-hydrogen) atoms. The molecule has 1 aliphatic carbocycles. The molecule has 0 heterocycles. The molecule has 0 unspecified atom stereocenters. The quantitative estimate of drug-likeness (QED) is 0.624. The maximum Gasteiger partial charge on any atom is -0.0103 e. The van der Waals surface area contributed by atoms with Gasteiger partial charge in [-0.1, -0.05) is 38.2 Å². The second-order valence-electron chi connectivity index (χ2n) is 3.17. The van der Waals surface area contributed by atoms with Gasteiger partial charge in [0.2, 0.25) is 0 Å². The molecule has 1 fully saturated rings. The Kier molecular flexibility index (Phi) is 3.34. The van der Waals surface area contributed by atoms with Crippen LogP contribution in [0.3, 0.4) is 0 Å². The van der Waals surface area contributed by atoms with E-state index in [0.717, 1.165) is 5.92 Å². The van der Waals surface area contributed by atoms with Gasteiger partial charge in [0.05, 0.1) is 0 Å². The Morgan fingerprint density at radius 1 is 1.20 bits per heavy atom. The van der Waals surface area contributed by atoms with Gasteiger partial charge >= 0.3 is 0 Å². The predicted molar refractivity (Wildman–Crippen MR) is 44.5 cm³/mol. The summed E-state index contributed by atoms with van der Waals surface area (Å²) in [6.45, 7) is 0. The third-order valence-electron chi connectivity index (χ3n) is 2.33. The van der Waals surface area contributed by atoms with Gasteiger partial charge in [-0.25, -0.2) is 0 Å². The minimum Gasteiger partial charge on any atom is -0.405 e. The lowest BCUT2D eigenvalue weighted by Gasteiger charge is -2.19. The maximum atomic E-state index is 5.27. The first-order valence-electron chi connectivity index (χ1n) is 4.30. The highest BCUT2D eigenvalue weighted by atomic mass is 14.5. The molecule has 1 nitrogen and oxygen atoms in total. The van der Waals surface area contributed by atoms with Gasteiger partial charge in [0.25, 0.3) is 0 Å². The molecule has 2 N–H and O–H groups in total. The zero-order valence-electron chi connectivity index (χ0n) is 6.55. The largest absolute Gasteiger partial charge is 0.405 e. The van der Waals surface area contributed by atoms with Crippen LogP contribution >= 0.6 is 0 Å². The Bertz CT molecular complexity index is 101. The van der Waals surface area contributed by atoms with E-state index in [1.165, 1.54) is 38.5 Å². The van der Waals surface area contributed by atoms with Crippen LogP contribution in [0.5, 0.6) is 0 Å². The molecule has 0 aromatic carbocycles. The van der Waals surface area contributed by atoms with Crippen molar-refractivity contribution >= 4 is 0 Å². The van der Waals surface area contributed by atoms with Crippen LogP contribution in [0.4, 0.5) is 0 Å². The molecular formula is C9H17N. The number of rotatable bonds is 2. The molecule has 1 saturated carbocycles. The van der Waals surface area contributed by atoms with Crippen LogP contribution in [-0.4, -0.2) is 0 Å². The minimum atomic E-state index is 0.938. The fraction of sp³-hybridized carbons (Fsp3) is 0.778. The summed E-state index contributed by atoms with van der Waals surface area (Å²) in [7, 11) is 0. The molecular weight excluding hydrogens is 122 g/mol.